The van der Waals surface area contributed by atoms with Gasteiger partial charge in [-0.15, -0.1) is 0 Å². The highest BCUT2D eigenvalue weighted by Gasteiger charge is 2.26. The molecule has 0 saturated carbocycles. The van der Waals surface area contributed by atoms with Crippen molar-refractivity contribution in [3.05, 3.63) is 0 Å². The van der Waals surface area contributed by atoms with Crippen molar-refractivity contribution >= 4 is 0 Å². The van der Waals surface area contributed by atoms with Crippen LogP contribution >= 0.6 is 0 Å². The van der Waals surface area contributed by atoms with Crippen molar-refractivity contribution in [1.82, 2.24) is 4.90 Å². The maximum absolute atomic E-state index is 9.40. The van der Waals surface area contributed by atoms with E-state index >= 15 is 0 Å². The average molecular weight is 200 g/mol. The molecule has 1 aliphatic heterocycles. The van der Waals surface area contributed by atoms with Crippen LogP contribution < -0.4 is 5.73 Å². The topological polar surface area (TPSA) is 49.5 Å². The quantitative estimate of drug-likeness (QED) is 0.706. The molecule has 0 aromatic carbocycles. The number of hydrogen-bond donors (Lipinski definition) is 2. The molecule has 3 N–H and O–H groups in total. The lowest BCUT2D eigenvalue weighted by molar-refractivity contribution is 0.0957. The summed E-state index contributed by atoms with van der Waals surface area (Å²) in [5.74, 6) is 0.517. The molecule has 3 heteroatoms. The van der Waals surface area contributed by atoms with E-state index in [2.05, 4.69) is 11.8 Å². The summed E-state index contributed by atoms with van der Waals surface area (Å²) < 4.78 is 0. The lowest BCUT2D eigenvalue weighted by Crippen LogP contribution is -2.45. The normalized spacial score (nSPS) is 24.9. The van der Waals surface area contributed by atoms with E-state index in [1.807, 2.05) is 0 Å². The lowest BCUT2D eigenvalue weighted by atomic mass is 9.87. The molecule has 1 heterocycles. The Morgan fingerprint density at radius 2 is 2.00 bits per heavy atom. The van der Waals surface area contributed by atoms with Gasteiger partial charge in [-0.3, -0.25) is 0 Å². The zero-order valence-corrected chi connectivity index (χ0v) is 9.45. The third-order valence-electron chi connectivity index (χ3n) is 3.27. The van der Waals surface area contributed by atoms with Crippen LogP contribution in [0.4, 0.5) is 0 Å². The Bertz CT molecular complexity index is 153. The molecule has 84 valence electrons. The predicted octanol–water partition coefficient (Wildman–Crippen LogP) is 0.817. The molecule has 1 aliphatic rings. The second kappa shape index (κ2) is 5.69. The van der Waals surface area contributed by atoms with E-state index in [0.29, 0.717) is 5.92 Å². The molecule has 0 radical (unpaired) electrons. The second-order valence-electron chi connectivity index (χ2n) is 4.50. The van der Waals surface area contributed by atoms with Crippen LogP contribution in [0.25, 0.3) is 0 Å². The number of aliphatic hydroxyl groups excluding tert-OH is 1. The largest absolute Gasteiger partial charge is 0.392 e. The SMILES string of the molecule is CCCN1CCC(C(N)[C@@H](C)O)CC1. The molecule has 3 nitrogen and oxygen atoms in total. The molecule has 1 saturated heterocycles. The van der Waals surface area contributed by atoms with Gasteiger partial charge in [0.25, 0.3) is 0 Å². The number of rotatable bonds is 4. The van der Waals surface area contributed by atoms with Gasteiger partial charge in [-0.2, -0.15) is 0 Å². The van der Waals surface area contributed by atoms with Crippen molar-refractivity contribution < 1.29 is 5.11 Å². The number of likely N-dealkylation sites (tertiary alicyclic amines) is 1. The molecule has 1 unspecified atom stereocenters. The first-order valence-corrected chi connectivity index (χ1v) is 5.81. The van der Waals surface area contributed by atoms with Crippen LogP contribution in [0.5, 0.6) is 0 Å². The van der Waals surface area contributed by atoms with Crippen LogP contribution in [0.1, 0.15) is 33.1 Å². The molecule has 14 heavy (non-hydrogen) atoms. The summed E-state index contributed by atoms with van der Waals surface area (Å²) in [7, 11) is 0. The predicted molar refractivity (Wildman–Crippen MR) is 59.1 cm³/mol. The Balaban J connectivity index is 2.28. The van der Waals surface area contributed by atoms with Crippen molar-refractivity contribution in [2.24, 2.45) is 11.7 Å². The zero-order chi connectivity index (χ0) is 10.6. The molecule has 2 atom stereocenters. The fraction of sp³-hybridized carbons (Fsp3) is 1.00. The highest BCUT2D eigenvalue weighted by Crippen LogP contribution is 2.21. The Kier molecular flexibility index (Phi) is 4.85. The molecule has 0 amide bonds. The van der Waals surface area contributed by atoms with E-state index in [4.69, 9.17) is 5.73 Å². The van der Waals surface area contributed by atoms with Crippen LogP contribution in [0, 0.1) is 5.92 Å². The Labute approximate surface area is 87.3 Å². The van der Waals surface area contributed by atoms with Crippen LogP contribution in [-0.2, 0) is 0 Å². The van der Waals surface area contributed by atoms with E-state index in [1.165, 1.54) is 13.0 Å². The third-order valence-corrected chi connectivity index (χ3v) is 3.27. The highest BCUT2D eigenvalue weighted by atomic mass is 16.3. The number of piperidine rings is 1. The molecular weight excluding hydrogens is 176 g/mol. The molecule has 1 rings (SSSR count). The van der Waals surface area contributed by atoms with Crippen molar-refractivity contribution in [2.45, 2.75) is 45.3 Å². The van der Waals surface area contributed by atoms with Gasteiger partial charge in [0.05, 0.1) is 6.10 Å². The Morgan fingerprint density at radius 3 is 2.43 bits per heavy atom. The minimum Gasteiger partial charge on any atom is -0.392 e. The number of nitrogens with zero attached hydrogens (tertiary/aromatic N) is 1. The summed E-state index contributed by atoms with van der Waals surface area (Å²) in [4.78, 5) is 2.49. The minimum absolute atomic E-state index is 0.0289. The van der Waals surface area contributed by atoms with E-state index in [0.717, 1.165) is 25.9 Å². The Hall–Kier alpha value is -0.120. The summed E-state index contributed by atoms with van der Waals surface area (Å²) in [5.41, 5.74) is 5.94. The molecule has 0 aliphatic carbocycles. The monoisotopic (exact) mass is 200 g/mol. The maximum atomic E-state index is 9.40. The average Bonchev–Trinajstić information content (AvgIpc) is 2.18. The van der Waals surface area contributed by atoms with Gasteiger partial charge in [0.1, 0.15) is 0 Å². The van der Waals surface area contributed by atoms with Crippen molar-refractivity contribution in [3.63, 3.8) is 0 Å². The van der Waals surface area contributed by atoms with Crippen LogP contribution in [0.3, 0.4) is 0 Å². The molecule has 0 bridgehead atoms. The van der Waals surface area contributed by atoms with Crippen molar-refractivity contribution in [3.8, 4) is 0 Å². The van der Waals surface area contributed by atoms with Gasteiger partial charge < -0.3 is 15.7 Å². The van der Waals surface area contributed by atoms with E-state index < -0.39 is 0 Å². The maximum Gasteiger partial charge on any atom is 0.0665 e. The van der Waals surface area contributed by atoms with Crippen LogP contribution in [0.15, 0.2) is 0 Å². The fourth-order valence-electron chi connectivity index (χ4n) is 2.27. The van der Waals surface area contributed by atoms with Gasteiger partial charge in [-0.25, -0.2) is 0 Å². The van der Waals surface area contributed by atoms with E-state index in [1.54, 1.807) is 6.92 Å². The van der Waals surface area contributed by atoms with Crippen molar-refractivity contribution in [2.75, 3.05) is 19.6 Å². The van der Waals surface area contributed by atoms with Gasteiger partial charge in [0, 0.05) is 6.04 Å². The van der Waals surface area contributed by atoms with Gasteiger partial charge in [-0.05, 0) is 51.7 Å². The number of nitrogens with two attached hydrogens (primary N) is 1. The first-order valence-electron chi connectivity index (χ1n) is 5.81. The fourth-order valence-corrected chi connectivity index (χ4v) is 2.27. The summed E-state index contributed by atoms with van der Waals surface area (Å²) >= 11 is 0. The summed E-state index contributed by atoms with van der Waals surface area (Å²) in [6.45, 7) is 7.52. The molecule has 0 aromatic heterocycles. The van der Waals surface area contributed by atoms with Gasteiger partial charge in [0.15, 0.2) is 0 Å². The number of hydrogen-bond acceptors (Lipinski definition) is 3. The van der Waals surface area contributed by atoms with Crippen LogP contribution in [0.2, 0.25) is 0 Å². The number of aliphatic hydroxyl groups is 1. The standard InChI is InChI=1S/C11H24N2O/c1-3-6-13-7-4-10(5-8-13)11(12)9(2)14/h9-11,14H,3-8,12H2,1-2H3/t9-,11?/m1/s1. The zero-order valence-electron chi connectivity index (χ0n) is 9.45. The summed E-state index contributed by atoms with van der Waals surface area (Å²) in [6, 6.07) is -0.0289. The minimum atomic E-state index is -0.363. The highest BCUT2D eigenvalue weighted by molar-refractivity contribution is 4.82. The third kappa shape index (κ3) is 3.23. The second-order valence-corrected chi connectivity index (χ2v) is 4.50. The van der Waals surface area contributed by atoms with Crippen LogP contribution in [-0.4, -0.2) is 41.8 Å². The Morgan fingerprint density at radius 1 is 1.43 bits per heavy atom. The van der Waals surface area contributed by atoms with Gasteiger partial charge in [-0.1, -0.05) is 6.92 Å². The summed E-state index contributed by atoms with van der Waals surface area (Å²) in [6.07, 6.45) is 3.16. The van der Waals surface area contributed by atoms with Gasteiger partial charge >= 0.3 is 0 Å². The molecular formula is C11H24N2O. The smallest absolute Gasteiger partial charge is 0.0665 e. The van der Waals surface area contributed by atoms with E-state index in [-0.39, 0.29) is 12.1 Å². The summed E-state index contributed by atoms with van der Waals surface area (Å²) in [5, 5.41) is 9.40. The molecule has 0 spiro atoms. The first-order chi connectivity index (χ1) is 6.65. The lowest BCUT2D eigenvalue weighted by Gasteiger charge is -2.35. The molecule has 1 fully saturated rings. The van der Waals surface area contributed by atoms with Crippen molar-refractivity contribution in [1.29, 1.82) is 0 Å². The van der Waals surface area contributed by atoms with Gasteiger partial charge in [0.2, 0.25) is 0 Å². The first kappa shape index (κ1) is 12.0. The van der Waals surface area contributed by atoms with E-state index in [9.17, 15) is 5.11 Å². The molecule has 0 aromatic rings.